The lowest BCUT2D eigenvalue weighted by molar-refractivity contribution is -0.903. The topological polar surface area (TPSA) is 55.5 Å². The van der Waals surface area contributed by atoms with Gasteiger partial charge in [0.1, 0.15) is 18.8 Å². The molecule has 0 aromatic heterocycles. The Morgan fingerprint density at radius 3 is 2.56 bits per heavy atom. The number of hydrogen-bond donors (Lipinski definition) is 2. The number of nitrogens with zero attached hydrogens (tertiary/aromatic N) is 1. The van der Waals surface area contributed by atoms with E-state index in [9.17, 15) is 0 Å². The second-order valence-electron chi connectivity index (χ2n) is 4.62. The molecule has 16 heavy (non-hydrogen) atoms. The van der Waals surface area contributed by atoms with Crippen molar-refractivity contribution in [2.75, 3.05) is 40.1 Å². The fraction of sp³-hybridized carbons (Fsp3) is 0.500. The van der Waals surface area contributed by atoms with Gasteiger partial charge in [-0.05, 0) is 18.2 Å². The Balaban J connectivity index is 2.78. The Labute approximate surface area is 96.8 Å². The molecule has 0 unspecified atom stereocenters. The minimum atomic E-state index is 0.193. The standard InChI is InChI=1S/C12H21N2O2/c1-14(2,6-7-15)9-10-4-5-12(16-3)11(13)8-10/h4-5,8,15H,6-7,9,13H2,1-3H3/q+1. The van der Waals surface area contributed by atoms with Crippen LogP contribution in [0, 0.1) is 0 Å². The lowest BCUT2D eigenvalue weighted by Gasteiger charge is -2.29. The van der Waals surface area contributed by atoms with Crippen molar-refractivity contribution in [3.05, 3.63) is 23.8 Å². The molecule has 0 aliphatic rings. The van der Waals surface area contributed by atoms with Crippen LogP contribution in [0.4, 0.5) is 5.69 Å². The highest BCUT2D eigenvalue weighted by Gasteiger charge is 2.15. The lowest BCUT2D eigenvalue weighted by Crippen LogP contribution is -2.41. The molecule has 1 aromatic rings. The number of aliphatic hydroxyl groups is 1. The number of quaternary nitrogens is 1. The summed E-state index contributed by atoms with van der Waals surface area (Å²) in [5.74, 6) is 0.705. The van der Waals surface area contributed by atoms with Gasteiger partial charge in [-0.15, -0.1) is 0 Å². The summed E-state index contributed by atoms with van der Waals surface area (Å²) >= 11 is 0. The molecule has 1 rings (SSSR count). The number of hydrogen-bond acceptors (Lipinski definition) is 3. The number of anilines is 1. The van der Waals surface area contributed by atoms with Gasteiger partial charge in [-0.1, -0.05) is 0 Å². The zero-order chi connectivity index (χ0) is 12.2. The van der Waals surface area contributed by atoms with Gasteiger partial charge in [0.05, 0.1) is 33.5 Å². The molecule has 0 spiro atoms. The van der Waals surface area contributed by atoms with Crippen molar-refractivity contribution in [2.45, 2.75) is 6.54 Å². The van der Waals surface area contributed by atoms with E-state index < -0.39 is 0 Å². The zero-order valence-electron chi connectivity index (χ0n) is 10.2. The second-order valence-corrected chi connectivity index (χ2v) is 4.62. The van der Waals surface area contributed by atoms with Crippen LogP contribution in [0.5, 0.6) is 5.75 Å². The summed E-state index contributed by atoms with van der Waals surface area (Å²) in [6.45, 7) is 1.76. The summed E-state index contributed by atoms with van der Waals surface area (Å²) in [5.41, 5.74) is 7.65. The molecule has 0 saturated carbocycles. The van der Waals surface area contributed by atoms with Crippen molar-refractivity contribution in [3.8, 4) is 5.75 Å². The normalized spacial score (nSPS) is 11.5. The monoisotopic (exact) mass is 225 g/mol. The first-order valence-corrected chi connectivity index (χ1v) is 5.34. The van der Waals surface area contributed by atoms with Gasteiger partial charge in [0.25, 0.3) is 0 Å². The quantitative estimate of drug-likeness (QED) is 0.577. The molecule has 4 nitrogen and oxygen atoms in total. The molecular formula is C12H21N2O2+. The van der Waals surface area contributed by atoms with Gasteiger partial charge in [-0.2, -0.15) is 0 Å². The van der Waals surface area contributed by atoms with E-state index in [4.69, 9.17) is 15.6 Å². The van der Waals surface area contributed by atoms with E-state index in [0.29, 0.717) is 11.4 Å². The van der Waals surface area contributed by atoms with Gasteiger partial charge >= 0.3 is 0 Å². The van der Waals surface area contributed by atoms with Crippen LogP contribution in [0.3, 0.4) is 0 Å². The molecule has 0 fully saturated rings. The fourth-order valence-corrected chi connectivity index (χ4v) is 1.73. The Hall–Kier alpha value is -1.26. The summed E-state index contributed by atoms with van der Waals surface area (Å²) in [5, 5.41) is 8.96. The van der Waals surface area contributed by atoms with E-state index in [1.165, 1.54) is 0 Å². The van der Waals surface area contributed by atoms with Crippen LogP contribution in [0.15, 0.2) is 18.2 Å². The van der Waals surface area contributed by atoms with E-state index in [2.05, 4.69) is 14.1 Å². The molecule has 3 N–H and O–H groups in total. The Morgan fingerprint density at radius 2 is 2.06 bits per heavy atom. The highest BCUT2D eigenvalue weighted by molar-refractivity contribution is 5.54. The maximum absolute atomic E-state index is 8.96. The molecule has 0 aliphatic carbocycles. The Morgan fingerprint density at radius 1 is 1.38 bits per heavy atom. The largest absolute Gasteiger partial charge is 0.495 e. The molecule has 0 atom stereocenters. The van der Waals surface area contributed by atoms with E-state index in [1.54, 1.807) is 7.11 Å². The smallest absolute Gasteiger partial charge is 0.141 e. The third kappa shape index (κ3) is 3.40. The van der Waals surface area contributed by atoms with Crippen molar-refractivity contribution in [2.24, 2.45) is 0 Å². The number of ether oxygens (including phenoxy) is 1. The third-order valence-corrected chi connectivity index (χ3v) is 2.61. The van der Waals surface area contributed by atoms with Gasteiger partial charge in [-0.3, -0.25) is 0 Å². The van der Waals surface area contributed by atoms with Crippen LogP contribution in [0.25, 0.3) is 0 Å². The summed E-state index contributed by atoms with van der Waals surface area (Å²) in [6.07, 6.45) is 0. The fourth-order valence-electron chi connectivity index (χ4n) is 1.73. The predicted octanol–water partition coefficient (Wildman–Crippen LogP) is 0.846. The Bertz CT molecular complexity index is 351. The molecule has 0 radical (unpaired) electrons. The van der Waals surface area contributed by atoms with Crippen LogP contribution in [0.2, 0.25) is 0 Å². The first-order chi connectivity index (χ1) is 7.48. The first kappa shape index (κ1) is 12.8. The number of likely N-dealkylation sites (N-methyl/N-ethyl adjacent to an activating group) is 1. The molecule has 0 heterocycles. The number of nitrogens with two attached hydrogens (primary N) is 1. The molecule has 0 amide bonds. The van der Waals surface area contributed by atoms with Crippen LogP contribution >= 0.6 is 0 Å². The molecular weight excluding hydrogens is 204 g/mol. The van der Waals surface area contributed by atoms with Crippen molar-refractivity contribution in [1.82, 2.24) is 0 Å². The van der Waals surface area contributed by atoms with Crippen LogP contribution in [-0.4, -0.2) is 43.9 Å². The number of aliphatic hydroxyl groups excluding tert-OH is 1. The SMILES string of the molecule is COc1ccc(C[N+](C)(C)CCO)cc1N. The highest BCUT2D eigenvalue weighted by atomic mass is 16.5. The first-order valence-electron chi connectivity index (χ1n) is 5.34. The molecule has 0 saturated heterocycles. The summed E-state index contributed by atoms with van der Waals surface area (Å²) < 4.78 is 5.85. The van der Waals surface area contributed by atoms with Gasteiger partial charge in [0.2, 0.25) is 0 Å². The lowest BCUT2D eigenvalue weighted by atomic mass is 10.1. The van der Waals surface area contributed by atoms with Crippen molar-refractivity contribution in [1.29, 1.82) is 0 Å². The summed E-state index contributed by atoms with van der Waals surface area (Å²) in [4.78, 5) is 0. The molecule has 1 aromatic carbocycles. The van der Waals surface area contributed by atoms with Gasteiger partial charge in [-0.25, -0.2) is 0 Å². The van der Waals surface area contributed by atoms with E-state index in [0.717, 1.165) is 23.1 Å². The summed E-state index contributed by atoms with van der Waals surface area (Å²) in [7, 11) is 5.77. The molecule has 90 valence electrons. The van der Waals surface area contributed by atoms with Crippen molar-refractivity contribution >= 4 is 5.69 Å². The number of methoxy groups -OCH3 is 1. The summed E-state index contributed by atoms with van der Waals surface area (Å²) in [6, 6.07) is 5.81. The van der Waals surface area contributed by atoms with Crippen molar-refractivity contribution in [3.63, 3.8) is 0 Å². The van der Waals surface area contributed by atoms with Gasteiger partial charge in [0.15, 0.2) is 0 Å². The molecule has 4 heteroatoms. The van der Waals surface area contributed by atoms with Gasteiger partial charge < -0.3 is 20.1 Å². The number of rotatable bonds is 5. The van der Waals surface area contributed by atoms with Crippen LogP contribution in [0.1, 0.15) is 5.56 Å². The third-order valence-electron chi connectivity index (χ3n) is 2.61. The van der Waals surface area contributed by atoms with E-state index >= 15 is 0 Å². The second kappa shape index (κ2) is 5.18. The van der Waals surface area contributed by atoms with Crippen LogP contribution < -0.4 is 10.5 Å². The Kier molecular flexibility index (Phi) is 4.15. The maximum Gasteiger partial charge on any atom is 0.141 e. The number of benzene rings is 1. The maximum atomic E-state index is 8.96. The minimum absolute atomic E-state index is 0.193. The van der Waals surface area contributed by atoms with Crippen LogP contribution in [-0.2, 0) is 6.54 Å². The highest BCUT2D eigenvalue weighted by Crippen LogP contribution is 2.23. The average molecular weight is 225 g/mol. The molecule has 0 aliphatic heterocycles. The zero-order valence-corrected chi connectivity index (χ0v) is 10.2. The minimum Gasteiger partial charge on any atom is -0.495 e. The number of nitrogen functional groups attached to an aromatic ring is 1. The molecule has 0 bridgehead atoms. The van der Waals surface area contributed by atoms with E-state index in [1.807, 2.05) is 18.2 Å². The van der Waals surface area contributed by atoms with Gasteiger partial charge in [0, 0.05) is 5.56 Å². The van der Waals surface area contributed by atoms with Crippen molar-refractivity contribution < 1.29 is 14.3 Å². The van der Waals surface area contributed by atoms with E-state index in [-0.39, 0.29) is 6.61 Å². The average Bonchev–Trinajstić information content (AvgIpc) is 2.17. The predicted molar refractivity (Wildman–Crippen MR) is 65.2 cm³/mol.